The van der Waals surface area contributed by atoms with Gasteiger partial charge in [0, 0.05) is 18.2 Å². The Labute approximate surface area is 172 Å². The summed E-state index contributed by atoms with van der Waals surface area (Å²) in [7, 11) is -3.78. The topological polar surface area (TPSA) is 87.3 Å². The summed E-state index contributed by atoms with van der Waals surface area (Å²) in [5, 5.41) is 6.25. The molecular weight excluding hydrogens is 398 g/mol. The van der Waals surface area contributed by atoms with Gasteiger partial charge in [0.1, 0.15) is 0 Å². The Hall–Kier alpha value is -2.09. The van der Waals surface area contributed by atoms with Crippen LogP contribution in [0, 0.1) is 13.8 Å². The number of carbonyl (C=O) groups excluding carboxylic acids is 1. The van der Waals surface area contributed by atoms with Gasteiger partial charge in [-0.05, 0) is 62.6 Å². The van der Waals surface area contributed by atoms with Crippen molar-refractivity contribution < 1.29 is 13.2 Å². The van der Waals surface area contributed by atoms with E-state index in [0.717, 1.165) is 37.1 Å². The Morgan fingerprint density at radius 3 is 2.54 bits per heavy atom. The number of sulfonamides is 1. The monoisotopic (exact) mass is 423 g/mol. The highest BCUT2D eigenvalue weighted by Gasteiger charge is 2.21. The van der Waals surface area contributed by atoms with Crippen molar-refractivity contribution >= 4 is 34.0 Å². The number of amides is 1. The van der Waals surface area contributed by atoms with Crippen molar-refractivity contribution in [2.75, 3.05) is 17.8 Å². The molecular formula is C20H26ClN3O3S. The molecule has 6 nitrogen and oxygen atoms in total. The van der Waals surface area contributed by atoms with Crippen LogP contribution in [0.3, 0.4) is 0 Å². The lowest BCUT2D eigenvalue weighted by Gasteiger charge is -2.24. The summed E-state index contributed by atoms with van der Waals surface area (Å²) in [6.07, 6.45) is 1.93. The summed E-state index contributed by atoms with van der Waals surface area (Å²) in [5.41, 5.74) is 2.48. The Kier molecular flexibility index (Phi) is 7.46. The molecule has 1 atom stereocenters. The van der Waals surface area contributed by atoms with Gasteiger partial charge in [0.2, 0.25) is 0 Å². The molecule has 0 saturated carbocycles. The van der Waals surface area contributed by atoms with Crippen molar-refractivity contribution in [3.8, 4) is 0 Å². The number of piperidine rings is 1. The number of aryl methyl sites for hydroxylation is 2. The predicted octanol–water partition coefficient (Wildman–Crippen LogP) is 3.01. The number of carbonyl (C=O) groups is 1. The van der Waals surface area contributed by atoms with Crippen molar-refractivity contribution in [2.45, 2.75) is 37.6 Å². The van der Waals surface area contributed by atoms with Crippen LogP contribution >= 0.6 is 12.4 Å². The molecule has 8 heteroatoms. The van der Waals surface area contributed by atoms with E-state index in [-0.39, 0.29) is 29.3 Å². The number of rotatable bonds is 5. The van der Waals surface area contributed by atoms with Crippen LogP contribution in [0.1, 0.15) is 34.3 Å². The van der Waals surface area contributed by atoms with Gasteiger partial charge in [0.15, 0.2) is 0 Å². The fraction of sp³-hybridized carbons (Fsp3) is 0.350. The Bertz CT molecular complexity index is 941. The number of hydrogen-bond acceptors (Lipinski definition) is 4. The molecule has 1 amide bonds. The lowest BCUT2D eigenvalue weighted by Crippen LogP contribution is -2.45. The molecule has 2 aromatic rings. The lowest BCUT2D eigenvalue weighted by atomic mass is 10.1. The van der Waals surface area contributed by atoms with Gasteiger partial charge < -0.3 is 10.6 Å². The van der Waals surface area contributed by atoms with E-state index in [4.69, 9.17) is 0 Å². The number of hydrogen-bond donors (Lipinski definition) is 3. The van der Waals surface area contributed by atoms with Gasteiger partial charge in [-0.2, -0.15) is 0 Å². The fourth-order valence-corrected chi connectivity index (χ4v) is 4.30. The summed E-state index contributed by atoms with van der Waals surface area (Å²) in [6, 6.07) is 11.9. The second kappa shape index (κ2) is 9.41. The minimum absolute atomic E-state index is 0. The number of para-hydroxylation sites is 1. The Balaban J connectivity index is 0.00000280. The number of nitrogens with one attached hydrogen (secondary N) is 3. The van der Waals surface area contributed by atoms with Crippen molar-refractivity contribution in [3.05, 3.63) is 59.2 Å². The third-order valence-electron chi connectivity index (χ3n) is 4.79. The molecule has 3 rings (SSSR count). The van der Waals surface area contributed by atoms with Gasteiger partial charge in [-0.3, -0.25) is 9.52 Å². The molecule has 1 fully saturated rings. The fourth-order valence-electron chi connectivity index (χ4n) is 3.14. The summed E-state index contributed by atoms with van der Waals surface area (Å²) < 4.78 is 28.2. The van der Waals surface area contributed by atoms with E-state index in [0.29, 0.717) is 11.3 Å². The van der Waals surface area contributed by atoms with Crippen LogP contribution in [0.25, 0.3) is 0 Å². The summed E-state index contributed by atoms with van der Waals surface area (Å²) in [6.45, 7) is 5.34. The average molecular weight is 424 g/mol. The molecule has 1 unspecified atom stereocenters. The molecule has 1 saturated heterocycles. The van der Waals surface area contributed by atoms with Crippen molar-refractivity contribution in [1.82, 2.24) is 10.6 Å². The molecule has 0 aliphatic carbocycles. The highest BCUT2D eigenvalue weighted by Crippen LogP contribution is 2.21. The smallest absolute Gasteiger partial charge is 0.261 e. The highest BCUT2D eigenvalue weighted by atomic mass is 35.5. The van der Waals surface area contributed by atoms with E-state index >= 15 is 0 Å². The Morgan fingerprint density at radius 2 is 1.86 bits per heavy atom. The minimum Gasteiger partial charge on any atom is -0.348 e. The van der Waals surface area contributed by atoms with Crippen LogP contribution in [0.4, 0.5) is 5.69 Å². The van der Waals surface area contributed by atoms with E-state index in [2.05, 4.69) is 15.4 Å². The molecule has 1 aliphatic heterocycles. The predicted molar refractivity (Wildman–Crippen MR) is 114 cm³/mol. The third-order valence-corrected chi connectivity index (χ3v) is 6.15. The second-order valence-electron chi connectivity index (χ2n) is 6.91. The van der Waals surface area contributed by atoms with Crippen LogP contribution in [0.2, 0.25) is 0 Å². The normalized spacial score (nSPS) is 16.7. The zero-order valence-corrected chi connectivity index (χ0v) is 17.6. The molecule has 3 N–H and O–H groups in total. The zero-order chi connectivity index (χ0) is 19.4. The lowest BCUT2D eigenvalue weighted by molar-refractivity contribution is 0.0930. The van der Waals surface area contributed by atoms with Gasteiger partial charge in [-0.15, -0.1) is 12.4 Å². The Morgan fingerprint density at radius 1 is 1.11 bits per heavy atom. The molecule has 1 aliphatic rings. The van der Waals surface area contributed by atoms with Crippen molar-refractivity contribution in [2.24, 2.45) is 0 Å². The maximum absolute atomic E-state index is 12.8. The largest absolute Gasteiger partial charge is 0.348 e. The molecule has 0 radical (unpaired) electrons. The van der Waals surface area contributed by atoms with Crippen LogP contribution in [-0.2, 0) is 10.0 Å². The van der Waals surface area contributed by atoms with Crippen LogP contribution in [-0.4, -0.2) is 33.5 Å². The first-order valence-corrected chi connectivity index (χ1v) is 10.6. The summed E-state index contributed by atoms with van der Waals surface area (Å²) in [4.78, 5) is 12.7. The average Bonchev–Trinajstić information content (AvgIpc) is 2.64. The molecule has 0 bridgehead atoms. The molecule has 2 aromatic carbocycles. The van der Waals surface area contributed by atoms with Crippen LogP contribution < -0.4 is 15.4 Å². The zero-order valence-electron chi connectivity index (χ0n) is 16.0. The van der Waals surface area contributed by atoms with E-state index in [1.54, 1.807) is 25.1 Å². The van der Waals surface area contributed by atoms with E-state index < -0.39 is 10.0 Å². The standard InChI is InChI=1S/C20H25N3O3S.ClH/c1-14-9-10-17(27(25,26)23-19-8-4-3-6-15(19)2)12-18(14)20(24)22-16-7-5-11-21-13-16;/h3-4,6,8-10,12,16,21,23H,5,7,11,13H2,1-2H3,(H,22,24);1H. The highest BCUT2D eigenvalue weighted by molar-refractivity contribution is 7.92. The first-order valence-electron chi connectivity index (χ1n) is 9.07. The molecule has 28 heavy (non-hydrogen) atoms. The maximum Gasteiger partial charge on any atom is 0.261 e. The molecule has 152 valence electrons. The quantitative estimate of drug-likeness (QED) is 0.689. The summed E-state index contributed by atoms with van der Waals surface area (Å²) in [5.74, 6) is -0.242. The van der Waals surface area contributed by atoms with E-state index in [1.807, 2.05) is 19.1 Å². The van der Waals surface area contributed by atoms with Crippen molar-refractivity contribution in [1.29, 1.82) is 0 Å². The van der Waals surface area contributed by atoms with Crippen molar-refractivity contribution in [3.63, 3.8) is 0 Å². The number of anilines is 1. The van der Waals surface area contributed by atoms with Gasteiger partial charge >= 0.3 is 0 Å². The second-order valence-corrected chi connectivity index (χ2v) is 8.60. The summed E-state index contributed by atoms with van der Waals surface area (Å²) >= 11 is 0. The van der Waals surface area contributed by atoms with Gasteiger partial charge in [-0.25, -0.2) is 8.42 Å². The van der Waals surface area contributed by atoms with Crippen LogP contribution in [0.5, 0.6) is 0 Å². The number of halogens is 1. The molecule has 1 heterocycles. The maximum atomic E-state index is 12.8. The van der Waals surface area contributed by atoms with E-state index in [1.165, 1.54) is 12.1 Å². The third kappa shape index (κ3) is 5.25. The first kappa shape index (κ1) is 22.2. The number of benzene rings is 2. The molecule has 0 aromatic heterocycles. The molecule has 0 spiro atoms. The minimum atomic E-state index is -3.78. The van der Waals surface area contributed by atoms with E-state index in [9.17, 15) is 13.2 Å². The van der Waals surface area contributed by atoms with Crippen LogP contribution in [0.15, 0.2) is 47.4 Å². The van der Waals surface area contributed by atoms with Gasteiger partial charge in [0.25, 0.3) is 15.9 Å². The SMILES string of the molecule is Cc1ccccc1NS(=O)(=O)c1ccc(C)c(C(=O)NC2CCCNC2)c1.Cl. The first-order chi connectivity index (χ1) is 12.9. The van der Waals surface area contributed by atoms with Gasteiger partial charge in [0.05, 0.1) is 10.6 Å². The van der Waals surface area contributed by atoms with Gasteiger partial charge in [-0.1, -0.05) is 24.3 Å².